The van der Waals surface area contributed by atoms with Gasteiger partial charge in [-0.1, -0.05) is 11.6 Å². The number of hydrogen-bond acceptors (Lipinski definition) is 7. The number of aromatic amines is 1. The number of amides is 1. The minimum absolute atomic E-state index is 0.149. The molecular weight excluding hydrogens is 588 g/mol. The van der Waals surface area contributed by atoms with Crippen molar-refractivity contribution in [3.63, 3.8) is 0 Å². The minimum atomic E-state index is -0.453. The SMILES string of the molecule is CC(C)(C)OC(=O)N1CCN(CC2CN(c3ccc(-c4ncc(C5CCC(Oc6ccc(C#N)c(Cl)c6)CC5)[nH]4)cc3)C2)CC1. The average molecular weight is 631 g/mol. The predicted octanol–water partition coefficient (Wildman–Crippen LogP) is 6.70. The molecule has 2 saturated heterocycles. The van der Waals surface area contributed by atoms with Gasteiger partial charge in [0.15, 0.2) is 0 Å². The summed E-state index contributed by atoms with van der Waals surface area (Å²) in [5.41, 5.74) is 3.54. The van der Waals surface area contributed by atoms with E-state index in [0.717, 1.165) is 88.6 Å². The molecule has 0 unspecified atom stereocenters. The normalized spacial score (nSPS) is 21.2. The van der Waals surface area contributed by atoms with Crippen LogP contribution in [0.25, 0.3) is 11.4 Å². The van der Waals surface area contributed by atoms with Crippen LogP contribution in [0.2, 0.25) is 5.02 Å². The topological polar surface area (TPSA) is 97.7 Å². The van der Waals surface area contributed by atoms with Crippen LogP contribution in [0.15, 0.2) is 48.7 Å². The van der Waals surface area contributed by atoms with E-state index in [-0.39, 0.29) is 12.2 Å². The fourth-order valence-electron chi connectivity index (χ4n) is 6.56. The van der Waals surface area contributed by atoms with E-state index in [4.69, 9.17) is 31.3 Å². The second-order valence-electron chi connectivity index (χ2n) is 13.6. The molecule has 45 heavy (non-hydrogen) atoms. The van der Waals surface area contributed by atoms with Crippen LogP contribution in [0.5, 0.6) is 5.75 Å². The van der Waals surface area contributed by atoms with E-state index < -0.39 is 5.60 Å². The summed E-state index contributed by atoms with van der Waals surface area (Å²) in [4.78, 5) is 27.4. The van der Waals surface area contributed by atoms with Gasteiger partial charge >= 0.3 is 6.09 Å². The van der Waals surface area contributed by atoms with Crippen LogP contribution in [0.4, 0.5) is 10.5 Å². The minimum Gasteiger partial charge on any atom is -0.490 e. The van der Waals surface area contributed by atoms with E-state index in [0.29, 0.717) is 22.4 Å². The van der Waals surface area contributed by atoms with Crippen molar-refractivity contribution < 1.29 is 14.3 Å². The van der Waals surface area contributed by atoms with E-state index in [1.54, 1.807) is 12.1 Å². The molecule has 3 fully saturated rings. The zero-order valence-electron chi connectivity index (χ0n) is 26.5. The molecule has 3 aliphatic rings. The zero-order chi connectivity index (χ0) is 31.6. The molecule has 3 heterocycles. The molecule has 0 bridgehead atoms. The van der Waals surface area contributed by atoms with Gasteiger partial charge in [-0.15, -0.1) is 0 Å². The Morgan fingerprint density at radius 1 is 1.04 bits per heavy atom. The smallest absolute Gasteiger partial charge is 0.410 e. The fraction of sp³-hybridized carbons (Fsp3) is 0.514. The number of hydrogen-bond donors (Lipinski definition) is 1. The highest BCUT2D eigenvalue weighted by atomic mass is 35.5. The molecule has 2 aromatic carbocycles. The van der Waals surface area contributed by atoms with Crippen molar-refractivity contribution in [1.29, 1.82) is 5.26 Å². The van der Waals surface area contributed by atoms with E-state index in [9.17, 15) is 4.79 Å². The predicted molar refractivity (Wildman–Crippen MR) is 176 cm³/mol. The number of piperazine rings is 1. The van der Waals surface area contributed by atoms with Gasteiger partial charge in [0.1, 0.15) is 23.2 Å². The molecule has 1 saturated carbocycles. The number of H-pyrrole nitrogens is 1. The van der Waals surface area contributed by atoms with Gasteiger partial charge in [0, 0.05) is 86.9 Å². The molecule has 1 aliphatic carbocycles. The molecule has 1 aromatic heterocycles. The van der Waals surface area contributed by atoms with Gasteiger partial charge in [-0.05, 0) is 82.9 Å². The maximum absolute atomic E-state index is 12.3. The molecule has 10 heteroatoms. The number of nitriles is 1. The van der Waals surface area contributed by atoms with E-state index in [2.05, 4.69) is 45.1 Å². The lowest BCUT2D eigenvalue weighted by Crippen LogP contribution is -2.55. The Labute approximate surface area is 271 Å². The summed E-state index contributed by atoms with van der Waals surface area (Å²) in [5, 5.41) is 9.51. The number of carbonyl (C=O) groups is 1. The molecular formula is C35H43ClN6O3. The molecule has 9 nitrogen and oxygen atoms in total. The molecule has 1 amide bonds. The summed E-state index contributed by atoms with van der Waals surface area (Å²) in [6.07, 6.45) is 5.93. The van der Waals surface area contributed by atoms with Crippen LogP contribution >= 0.6 is 11.6 Å². The molecule has 0 atom stereocenters. The van der Waals surface area contributed by atoms with E-state index in [1.165, 1.54) is 11.4 Å². The highest BCUT2D eigenvalue weighted by molar-refractivity contribution is 6.31. The Kier molecular flexibility index (Phi) is 9.25. The quantitative estimate of drug-likeness (QED) is 0.310. The number of carbonyl (C=O) groups excluding carboxylic acids is 1. The summed E-state index contributed by atoms with van der Waals surface area (Å²) in [7, 11) is 0. The first-order valence-electron chi connectivity index (χ1n) is 16.1. The Morgan fingerprint density at radius 2 is 1.76 bits per heavy atom. The number of imidazole rings is 1. The highest BCUT2D eigenvalue weighted by Gasteiger charge is 2.32. The first kappa shape index (κ1) is 31.3. The van der Waals surface area contributed by atoms with Crippen molar-refractivity contribution in [2.45, 2.75) is 64.1 Å². The monoisotopic (exact) mass is 630 g/mol. The molecule has 0 radical (unpaired) electrons. The van der Waals surface area contributed by atoms with Crippen LogP contribution in [0.3, 0.4) is 0 Å². The Hall–Kier alpha value is -3.74. The van der Waals surface area contributed by atoms with Crippen molar-refractivity contribution in [3.05, 3.63) is 64.9 Å². The van der Waals surface area contributed by atoms with Crippen LogP contribution in [0, 0.1) is 17.2 Å². The van der Waals surface area contributed by atoms with Crippen LogP contribution in [-0.2, 0) is 4.74 Å². The van der Waals surface area contributed by atoms with Crippen molar-refractivity contribution >= 4 is 23.4 Å². The number of halogens is 1. The van der Waals surface area contributed by atoms with Gasteiger partial charge in [-0.3, -0.25) is 4.90 Å². The van der Waals surface area contributed by atoms with Crippen LogP contribution < -0.4 is 9.64 Å². The summed E-state index contributed by atoms with van der Waals surface area (Å²) in [6.45, 7) is 12.2. The second-order valence-corrected chi connectivity index (χ2v) is 14.0. The van der Waals surface area contributed by atoms with Gasteiger partial charge in [-0.2, -0.15) is 5.26 Å². The standard InChI is InChI=1S/C35H43ClN6O3/c1-35(2,3)45-34(43)41-16-14-40(15-17-41)21-24-22-42(23-24)28-9-4-26(5-10-28)33-38-20-32(39-33)25-6-11-29(12-7-25)44-30-13-8-27(19-37)31(36)18-30/h4-5,8-10,13,18,20,24-25,29H,6-7,11-12,14-17,21-23H2,1-3H3,(H,38,39). The molecule has 6 rings (SSSR count). The van der Waals surface area contributed by atoms with Crippen LogP contribution in [-0.4, -0.2) is 83.4 Å². The van der Waals surface area contributed by atoms with Gasteiger partial charge < -0.3 is 24.3 Å². The van der Waals surface area contributed by atoms with Crippen molar-refractivity contribution in [2.75, 3.05) is 50.7 Å². The summed E-state index contributed by atoms with van der Waals surface area (Å²) in [6, 6.07) is 16.1. The Morgan fingerprint density at radius 3 is 2.40 bits per heavy atom. The third-order valence-electron chi connectivity index (χ3n) is 9.08. The molecule has 1 N–H and O–H groups in total. The lowest BCUT2D eigenvalue weighted by atomic mass is 9.85. The van der Waals surface area contributed by atoms with Crippen molar-refractivity contribution in [3.8, 4) is 23.2 Å². The van der Waals surface area contributed by atoms with Gasteiger partial charge in [0.25, 0.3) is 0 Å². The second kappa shape index (κ2) is 13.3. The van der Waals surface area contributed by atoms with Crippen molar-refractivity contribution in [1.82, 2.24) is 19.8 Å². The van der Waals surface area contributed by atoms with Gasteiger partial charge in [0.2, 0.25) is 0 Å². The van der Waals surface area contributed by atoms with Crippen LogP contribution in [0.1, 0.15) is 63.6 Å². The lowest BCUT2D eigenvalue weighted by Gasteiger charge is -2.44. The maximum atomic E-state index is 12.3. The first-order chi connectivity index (χ1) is 21.6. The summed E-state index contributed by atoms with van der Waals surface area (Å²) >= 11 is 6.17. The molecule has 3 aromatic rings. The fourth-order valence-corrected chi connectivity index (χ4v) is 6.78. The summed E-state index contributed by atoms with van der Waals surface area (Å²) < 4.78 is 11.7. The molecule has 0 spiro atoms. The maximum Gasteiger partial charge on any atom is 0.410 e. The number of benzene rings is 2. The average Bonchev–Trinajstić information content (AvgIpc) is 3.49. The van der Waals surface area contributed by atoms with Gasteiger partial charge in [0.05, 0.1) is 16.7 Å². The largest absolute Gasteiger partial charge is 0.490 e. The van der Waals surface area contributed by atoms with Crippen molar-refractivity contribution in [2.24, 2.45) is 5.92 Å². The number of nitrogens with one attached hydrogen (secondary N) is 1. The third kappa shape index (κ3) is 7.74. The lowest BCUT2D eigenvalue weighted by molar-refractivity contribution is 0.0129. The van der Waals surface area contributed by atoms with Gasteiger partial charge in [-0.25, -0.2) is 9.78 Å². The number of anilines is 1. The highest BCUT2D eigenvalue weighted by Crippen LogP contribution is 2.35. The number of rotatable bonds is 7. The Balaban J connectivity index is 0.929. The van der Waals surface area contributed by atoms with E-state index >= 15 is 0 Å². The number of nitrogens with zero attached hydrogens (tertiary/aromatic N) is 5. The molecule has 238 valence electrons. The number of ether oxygens (including phenoxy) is 2. The number of aromatic nitrogens is 2. The zero-order valence-corrected chi connectivity index (χ0v) is 27.2. The van der Waals surface area contributed by atoms with E-state index in [1.807, 2.05) is 37.9 Å². The Bertz CT molecular complexity index is 1510. The third-order valence-corrected chi connectivity index (χ3v) is 9.39. The summed E-state index contributed by atoms with van der Waals surface area (Å²) in [5.74, 6) is 2.72. The molecule has 2 aliphatic heterocycles. The first-order valence-corrected chi connectivity index (χ1v) is 16.5.